The fraction of sp³-hybridized carbons (Fsp3) is 0.385. The van der Waals surface area contributed by atoms with Crippen molar-refractivity contribution in [1.29, 1.82) is 0 Å². The summed E-state index contributed by atoms with van der Waals surface area (Å²) < 4.78 is 10.7. The molecule has 7 heteroatoms. The average molecular weight is 470 g/mol. The first-order valence-electron chi connectivity index (χ1n) is 11.2. The molecule has 0 aliphatic heterocycles. The topological polar surface area (TPSA) is 54.0 Å². The second-order valence-corrected chi connectivity index (χ2v) is 8.22. The maximum absolute atomic E-state index is 12.0. The first-order chi connectivity index (χ1) is 16.0. The van der Waals surface area contributed by atoms with Gasteiger partial charge in [0.25, 0.3) is 0 Å². The van der Waals surface area contributed by atoms with Crippen molar-refractivity contribution >= 4 is 34.7 Å². The Morgan fingerprint density at radius 1 is 1.06 bits per heavy atom. The number of esters is 1. The van der Waals surface area contributed by atoms with Crippen molar-refractivity contribution in [1.82, 2.24) is 4.90 Å². The second-order valence-electron chi connectivity index (χ2n) is 7.83. The summed E-state index contributed by atoms with van der Waals surface area (Å²) in [5.74, 6) is 0.429. The lowest BCUT2D eigenvalue weighted by atomic mass is 10.2. The summed E-state index contributed by atoms with van der Waals surface area (Å²) in [6, 6.07) is 14.9. The lowest BCUT2D eigenvalue weighted by Gasteiger charge is -2.22. The van der Waals surface area contributed by atoms with Crippen molar-refractivity contribution in [3.63, 3.8) is 0 Å². The molecule has 0 bridgehead atoms. The van der Waals surface area contributed by atoms with E-state index in [-0.39, 0.29) is 0 Å². The molecule has 2 aromatic rings. The number of unbranched alkanes of at least 4 members (excludes halogenated alkanes) is 3. The Balaban J connectivity index is 1.77. The molecule has 0 radical (unpaired) electrons. The minimum Gasteiger partial charge on any atom is -0.494 e. The van der Waals surface area contributed by atoms with Gasteiger partial charge in [-0.05, 0) is 75.1 Å². The molecule has 0 aliphatic rings. The highest BCUT2D eigenvalue weighted by Crippen LogP contribution is 2.21. The number of para-hydroxylation sites is 1. The second kappa shape index (κ2) is 14.3. The number of ether oxygens (including phenoxy) is 2. The lowest BCUT2D eigenvalue weighted by molar-refractivity contribution is 0.0602. The van der Waals surface area contributed by atoms with Gasteiger partial charge in [0, 0.05) is 19.3 Å². The summed E-state index contributed by atoms with van der Waals surface area (Å²) in [5, 5.41) is 3.60. The highest BCUT2D eigenvalue weighted by Gasteiger charge is 2.14. The van der Waals surface area contributed by atoms with E-state index >= 15 is 0 Å². The van der Waals surface area contributed by atoms with E-state index in [9.17, 15) is 4.79 Å². The SMILES string of the molecule is C=CCN(C)CCCCCCOc1ccc(N(C)C(=S)Nc2ccccc2C(=O)OC)cc1. The normalized spacial score (nSPS) is 10.5. The highest BCUT2D eigenvalue weighted by atomic mass is 32.1. The Kier molecular flexibility index (Phi) is 11.4. The Morgan fingerprint density at radius 3 is 2.45 bits per heavy atom. The number of methoxy groups -OCH3 is 1. The Labute approximate surface area is 203 Å². The molecule has 0 aliphatic carbocycles. The molecule has 0 saturated carbocycles. The van der Waals surface area contributed by atoms with Crippen molar-refractivity contribution in [2.75, 3.05) is 51.1 Å². The zero-order valence-corrected chi connectivity index (χ0v) is 20.7. The molecule has 2 rings (SSSR count). The van der Waals surface area contributed by atoms with Crippen LogP contribution in [0.2, 0.25) is 0 Å². The predicted molar refractivity (Wildman–Crippen MR) is 141 cm³/mol. The van der Waals surface area contributed by atoms with Gasteiger partial charge in [-0.15, -0.1) is 6.58 Å². The van der Waals surface area contributed by atoms with Crippen LogP contribution >= 0.6 is 12.2 Å². The molecule has 178 valence electrons. The molecular weight excluding hydrogens is 434 g/mol. The maximum atomic E-state index is 12.0. The molecule has 0 atom stereocenters. The van der Waals surface area contributed by atoms with Crippen molar-refractivity contribution in [2.45, 2.75) is 25.7 Å². The first kappa shape index (κ1) is 26.4. The number of nitrogens with zero attached hydrogens (tertiary/aromatic N) is 2. The van der Waals surface area contributed by atoms with Crippen LogP contribution in [-0.4, -0.2) is 56.9 Å². The van der Waals surface area contributed by atoms with Crippen molar-refractivity contribution in [3.05, 3.63) is 66.7 Å². The number of carbonyl (C=O) groups excluding carboxylic acids is 1. The molecule has 0 unspecified atom stereocenters. The minimum absolute atomic E-state index is 0.412. The summed E-state index contributed by atoms with van der Waals surface area (Å²) in [6.45, 7) is 6.52. The number of likely N-dealkylation sites (N-methyl/N-ethyl adjacent to an activating group) is 1. The molecular formula is C26H35N3O3S. The number of hydrogen-bond donors (Lipinski definition) is 1. The maximum Gasteiger partial charge on any atom is 0.339 e. The summed E-state index contributed by atoms with van der Waals surface area (Å²) in [6.07, 6.45) is 6.54. The van der Waals surface area contributed by atoms with Gasteiger partial charge in [0.1, 0.15) is 5.75 Å². The van der Waals surface area contributed by atoms with Crippen LogP contribution in [0.4, 0.5) is 11.4 Å². The van der Waals surface area contributed by atoms with Crippen LogP contribution in [0.25, 0.3) is 0 Å². The van der Waals surface area contributed by atoms with E-state index in [0.29, 0.717) is 23.0 Å². The standard InChI is InChI=1S/C26H35N3O3S/c1-5-18-28(2)19-10-6-7-11-20-32-22-16-14-21(15-17-22)29(3)26(33)27-24-13-9-8-12-23(24)25(30)31-4/h5,8-9,12-17H,1,6-7,10-11,18-20H2,2-4H3,(H,27,33). The monoisotopic (exact) mass is 469 g/mol. The van der Waals surface area contributed by atoms with Gasteiger partial charge >= 0.3 is 5.97 Å². The molecule has 33 heavy (non-hydrogen) atoms. The largest absolute Gasteiger partial charge is 0.494 e. The molecule has 0 heterocycles. The van der Waals surface area contributed by atoms with Gasteiger partial charge in [-0.3, -0.25) is 0 Å². The fourth-order valence-electron chi connectivity index (χ4n) is 3.30. The van der Waals surface area contributed by atoms with E-state index in [1.54, 1.807) is 18.2 Å². The molecule has 0 fully saturated rings. The molecule has 6 nitrogen and oxygen atoms in total. The third-order valence-corrected chi connectivity index (χ3v) is 5.62. The van der Waals surface area contributed by atoms with Crippen LogP contribution in [0, 0.1) is 0 Å². The fourth-order valence-corrected chi connectivity index (χ4v) is 3.52. The molecule has 0 spiro atoms. The smallest absolute Gasteiger partial charge is 0.339 e. The number of carbonyl (C=O) groups is 1. The predicted octanol–water partition coefficient (Wildman–Crippen LogP) is 5.36. The molecule has 1 N–H and O–H groups in total. The van der Waals surface area contributed by atoms with Gasteiger partial charge in [-0.2, -0.15) is 0 Å². The Morgan fingerprint density at radius 2 is 1.76 bits per heavy atom. The van der Waals surface area contributed by atoms with E-state index in [2.05, 4.69) is 23.8 Å². The van der Waals surface area contributed by atoms with Crippen LogP contribution in [0.5, 0.6) is 5.75 Å². The third kappa shape index (κ3) is 8.86. The highest BCUT2D eigenvalue weighted by molar-refractivity contribution is 7.80. The van der Waals surface area contributed by atoms with Crippen molar-refractivity contribution < 1.29 is 14.3 Å². The van der Waals surface area contributed by atoms with Gasteiger partial charge < -0.3 is 24.6 Å². The van der Waals surface area contributed by atoms with Crippen LogP contribution < -0.4 is 15.0 Å². The van der Waals surface area contributed by atoms with Crippen LogP contribution in [0.3, 0.4) is 0 Å². The quantitative estimate of drug-likeness (QED) is 0.183. The Hall–Kier alpha value is -2.90. The third-order valence-electron chi connectivity index (χ3n) is 5.25. The van der Waals surface area contributed by atoms with Gasteiger partial charge in [0.2, 0.25) is 0 Å². The van der Waals surface area contributed by atoms with Crippen LogP contribution in [-0.2, 0) is 4.74 Å². The van der Waals surface area contributed by atoms with Gasteiger partial charge in [0.05, 0.1) is 25.0 Å². The molecule has 0 saturated heterocycles. The van der Waals surface area contributed by atoms with Gasteiger partial charge in [0.15, 0.2) is 5.11 Å². The zero-order chi connectivity index (χ0) is 24.1. The van der Waals surface area contributed by atoms with Crippen molar-refractivity contribution in [2.24, 2.45) is 0 Å². The molecule has 0 aromatic heterocycles. The number of nitrogens with one attached hydrogen (secondary N) is 1. The number of thiocarbonyl (C=S) groups is 1. The van der Waals surface area contributed by atoms with Crippen molar-refractivity contribution in [3.8, 4) is 5.75 Å². The lowest BCUT2D eigenvalue weighted by Crippen LogP contribution is -2.31. The molecule has 2 aromatic carbocycles. The van der Waals surface area contributed by atoms with E-state index in [4.69, 9.17) is 21.7 Å². The van der Waals surface area contributed by atoms with Crippen LogP contribution in [0.1, 0.15) is 36.0 Å². The number of benzene rings is 2. The number of hydrogen-bond acceptors (Lipinski definition) is 5. The van der Waals surface area contributed by atoms with E-state index in [1.165, 1.54) is 20.0 Å². The van der Waals surface area contributed by atoms with E-state index in [1.807, 2.05) is 48.4 Å². The van der Waals surface area contributed by atoms with E-state index in [0.717, 1.165) is 37.4 Å². The number of rotatable bonds is 13. The average Bonchev–Trinajstić information content (AvgIpc) is 2.83. The van der Waals surface area contributed by atoms with E-state index < -0.39 is 5.97 Å². The number of anilines is 2. The summed E-state index contributed by atoms with van der Waals surface area (Å²) in [5.41, 5.74) is 1.95. The molecule has 0 amide bonds. The van der Waals surface area contributed by atoms with Gasteiger partial charge in [-0.1, -0.05) is 31.1 Å². The summed E-state index contributed by atoms with van der Waals surface area (Å²) in [7, 11) is 5.35. The summed E-state index contributed by atoms with van der Waals surface area (Å²) >= 11 is 5.53. The Bertz CT molecular complexity index is 902. The minimum atomic E-state index is -0.412. The van der Waals surface area contributed by atoms with Gasteiger partial charge in [-0.25, -0.2) is 4.79 Å². The summed E-state index contributed by atoms with van der Waals surface area (Å²) in [4.78, 5) is 16.1. The first-order valence-corrected chi connectivity index (χ1v) is 11.6. The van der Waals surface area contributed by atoms with Crippen LogP contribution in [0.15, 0.2) is 61.2 Å². The zero-order valence-electron chi connectivity index (χ0n) is 19.9.